The number of hydrogen-bond donors (Lipinski definition) is 0. The van der Waals surface area contributed by atoms with Crippen molar-refractivity contribution < 1.29 is 4.79 Å². The summed E-state index contributed by atoms with van der Waals surface area (Å²) in [5.41, 5.74) is 2.63. The Bertz CT molecular complexity index is 1240. The van der Waals surface area contributed by atoms with Crippen LogP contribution in [0.25, 0.3) is 10.9 Å². The number of fused-ring (bicyclic) bond motifs is 1. The Hall–Kier alpha value is -3.38. The number of carbonyl (C=O) groups excluding carboxylic acids is 1. The van der Waals surface area contributed by atoms with Crippen molar-refractivity contribution in [2.45, 2.75) is 18.2 Å². The molecule has 4 rings (SSSR count). The normalized spacial score (nSPS) is 10.9. The molecule has 0 atom stereocenters. The molecule has 3 aromatic carbocycles. The number of aromatic nitrogens is 2. The predicted molar refractivity (Wildman–Crippen MR) is 125 cm³/mol. The molecule has 0 aliphatic rings. The molecule has 1 amide bonds. The molecule has 1 aromatic heterocycles. The van der Waals surface area contributed by atoms with Crippen LogP contribution in [-0.2, 0) is 17.9 Å². The highest BCUT2D eigenvalue weighted by Crippen LogP contribution is 2.20. The summed E-state index contributed by atoms with van der Waals surface area (Å²) < 4.78 is 1.66. The highest BCUT2D eigenvalue weighted by Gasteiger charge is 2.15. The lowest BCUT2D eigenvalue weighted by Crippen LogP contribution is -2.29. The molecule has 0 fully saturated rings. The molecule has 6 heteroatoms. The van der Waals surface area contributed by atoms with E-state index in [1.165, 1.54) is 11.8 Å². The number of rotatable bonds is 7. The van der Waals surface area contributed by atoms with Crippen LogP contribution in [0.1, 0.15) is 11.1 Å². The van der Waals surface area contributed by atoms with Crippen molar-refractivity contribution in [2.24, 2.45) is 0 Å². The fourth-order valence-corrected chi connectivity index (χ4v) is 4.28. The smallest absolute Gasteiger partial charge is 0.262 e. The van der Waals surface area contributed by atoms with Crippen molar-refractivity contribution in [1.29, 1.82) is 0 Å². The Morgan fingerprint density at radius 2 is 1.52 bits per heavy atom. The number of amides is 1. The summed E-state index contributed by atoms with van der Waals surface area (Å²) in [5.74, 6) is 0.200. The van der Waals surface area contributed by atoms with E-state index in [9.17, 15) is 9.59 Å². The van der Waals surface area contributed by atoms with E-state index in [0.717, 1.165) is 11.1 Å². The van der Waals surface area contributed by atoms with E-state index in [1.807, 2.05) is 78.9 Å². The van der Waals surface area contributed by atoms with Crippen molar-refractivity contribution >= 4 is 28.6 Å². The lowest BCUT2D eigenvalue weighted by Gasteiger charge is -2.18. The first-order valence-corrected chi connectivity index (χ1v) is 11.0. The van der Waals surface area contributed by atoms with Crippen LogP contribution in [0.2, 0.25) is 0 Å². The van der Waals surface area contributed by atoms with Crippen molar-refractivity contribution in [3.63, 3.8) is 0 Å². The van der Waals surface area contributed by atoms with E-state index in [0.29, 0.717) is 29.1 Å². The Morgan fingerprint density at radius 1 is 0.903 bits per heavy atom. The van der Waals surface area contributed by atoms with Gasteiger partial charge in [-0.1, -0.05) is 84.6 Å². The molecule has 31 heavy (non-hydrogen) atoms. The van der Waals surface area contributed by atoms with Crippen LogP contribution in [0.5, 0.6) is 0 Å². The standard InChI is InChI=1S/C25H23N3O2S/c1-27(16-19-10-4-2-5-11-19)23(29)18-31-25-26-22-15-9-8-14-21(22)24(30)28(25)17-20-12-6-3-7-13-20/h2-15H,16-18H2,1H3. The number of nitrogens with zero attached hydrogens (tertiary/aromatic N) is 3. The van der Waals surface area contributed by atoms with Gasteiger partial charge in [0.15, 0.2) is 5.16 Å². The molecule has 0 radical (unpaired) electrons. The maximum absolute atomic E-state index is 13.2. The molecule has 156 valence electrons. The summed E-state index contributed by atoms with van der Waals surface area (Å²) >= 11 is 1.30. The SMILES string of the molecule is CN(Cc1ccccc1)C(=O)CSc1nc2ccccc2c(=O)n1Cc1ccccc1. The van der Waals surface area contributed by atoms with E-state index in [-0.39, 0.29) is 17.2 Å². The van der Waals surface area contributed by atoms with Gasteiger partial charge in [-0.2, -0.15) is 0 Å². The van der Waals surface area contributed by atoms with Gasteiger partial charge in [0.1, 0.15) is 0 Å². The van der Waals surface area contributed by atoms with Gasteiger partial charge in [-0.05, 0) is 23.3 Å². The van der Waals surface area contributed by atoms with Crippen LogP contribution in [0, 0.1) is 0 Å². The lowest BCUT2D eigenvalue weighted by molar-refractivity contribution is -0.127. The van der Waals surface area contributed by atoms with Gasteiger partial charge in [-0.25, -0.2) is 4.98 Å². The zero-order chi connectivity index (χ0) is 21.6. The Kier molecular flexibility index (Phi) is 6.48. The third-order valence-electron chi connectivity index (χ3n) is 5.02. The van der Waals surface area contributed by atoms with Crippen molar-refractivity contribution in [3.8, 4) is 0 Å². The lowest BCUT2D eigenvalue weighted by atomic mass is 10.2. The molecule has 0 bridgehead atoms. The number of carbonyl (C=O) groups is 1. The molecular formula is C25H23N3O2S. The van der Waals surface area contributed by atoms with Gasteiger partial charge in [0.05, 0.1) is 23.2 Å². The topological polar surface area (TPSA) is 55.2 Å². The molecule has 1 heterocycles. The average Bonchev–Trinajstić information content (AvgIpc) is 2.81. The van der Waals surface area contributed by atoms with Gasteiger partial charge in [-0.3, -0.25) is 14.2 Å². The third kappa shape index (κ3) is 5.03. The quantitative estimate of drug-likeness (QED) is 0.326. The molecule has 0 aliphatic heterocycles. The molecule has 5 nitrogen and oxygen atoms in total. The van der Waals surface area contributed by atoms with Crippen LogP contribution in [-0.4, -0.2) is 33.2 Å². The summed E-state index contributed by atoms with van der Waals surface area (Å²) in [7, 11) is 1.79. The monoisotopic (exact) mass is 429 g/mol. The van der Waals surface area contributed by atoms with Crippen molar-refractivity contribution in [2.75, 3.05) is 12.8 Å². The van der Waals surface area contributed by atoms with E-state index >= 15 is 0 Å². The second kappa shape index (κ2) is 9.62. The average molecular weight is 430 g/mol. The minimum absolute atomic E-state index is 0.0116. The summed E-state index contributed by atoms with van der Waals surface area (Å²) in [5, 5.41) is 1.13. The van der Waals surface area contributed by atoms with Crippen LogP contribution < -0.4 is 5.56 Å². The van der Waals surface area contributed by atoms with Gasteiger partial charge in [0.25, 0.3) is 5.56 Å². The molecule has 0 aliphatic carbocycles. The molecule has 0 saturated carbocycles. The van der Waals surface area contributed by atoms with Gasteiger partial charge in [0.2, 0.25) is 5.91 Å². The Balaban J connectivity index is 1.57. The number of para-hydroxylation sites is 1. The van der Waals surface area contributed by atoms with Gasteiger partial charge < -0.3 is 4.90 Å². The largest absolute Gasteiger partial charge is 0.341 e. The zero-order valence-corrected chi connectivity index (χ0v) is 18.1. The minimum Gasteiger partial charge on any atom is -0.341 e. The molecule has 0 spiro atoms. The fraction of sp³-hybridized carbons (Fsp3) is 0.160. The molecule has 0 saturated heterocycles. The predicted octanol–water partition coefficient (Wildman–Crippen LogP) is 4.20. The summed E-state index contributed by atoms with van der Waals surface area (Å²) in [4.78, 5) is 32.3. The van der Waals surface area contributed by atoms with E-state index in [1.54, 1.807) is 22.6 Å². The summed E-state index contributed by atoms with van der Waals surface area (Å²) in [6.45, 7) is 0.954. The molecule has 4 aromatic rings. The number of thioether (sulfide) groups is 1. The van der Waals surface area contributed by atoms with Crippen LogP contribution in [0.3, 0.4) is 0 Å². The fourth-order valence-electron chi connectivity index (χ4n) is 3.35. The first-order valence-electron chi connectivity index (χ1n) is 10.1. The number of hydrogen-bond acceptors (Lipinski definition) is 4. The van der Waals surface area contributed by atoms with Crippen LogP contribution >= 0.6 is 11.8 Å². The molecule has 0 unspecified atom stereocenters. The maximum Gasteiger partial charge on any atom is 0.262 e. The van der Waals surface area contributed by atoms with Gasteiger partial charge in [0, 0.05) is 13.6 Å². The minimum atomic E-state index is -0.0953. The summed E-state index contributed by atoms with van der Waals surface area (Å²) in [6, 6.07) is 27.0. The number of benzene rings is 3. The van der Waals surface area contributed by atoms with Crippen molar-refractivity contribution in [1.82, 2.24) is 14.5 Å². The van der Waals surface area contributed by atoms with E-state index < -0.39 is 0 Å². The highest BCUT2D eigenvalue weighted by molar-refractivity contribution is 7.99. The first-order chi connectivity index (χ1) is 15.1. The molecular weight excluding hydrogens is 406 g/mol. The maximum atomic E-state index is 13.2. The Labute approximate surface area is 185 Å². The van der Waals surface area contributed by atoms with Gasteiger partial charge >= 0.3 is 0 Å². The van der Waals surface area contributed by atoms with Gasteiger partial charge in [-0.15, -0.1) is 0 Å². The Morgan fingerprint density at radius 3 is 2.23 bits per heavy atom. The second-order valence-corrected chi connectivity index (χ2v) is 8.25. The third-order valence-corrected chi connectivity index (χ3v) is 5.98. The van der Waals surface area contributed by atoms with E-state index in [4.69, 9.17) is 4.98 Å². The first kappa shape index (κ1) is 20.9. The highest BCUT2D eigenvalue weighted by atomic mass is 32.2. The molecule has 0 N–H and O–H groups in total. The van der Waals surface area contributed by atoms with E-state index in [2.05, 4.69) is 0 Å². The van der Waals surface area contributed by atoms with Crippen LogP contribution in [0.15, 0.2) is 94.9 Å². The summed E-state index contributed by atoms with van der Waals surface area (Å²) in [6.07, 6.45) is 0. The van der Waals surface area contributed by atoms with Crippen molar-refractivity contribution in [3.05, 3.63) is 106 Å². The zero-order valence-electron chi connectivity index (χ0n) is 17.3. The van der Waals surface area contributed by atoms with Crippen LogP contribution in [0.4, 0.5) is 0 Å². The second-order valence-electron chi connectivity index (χ2n) is 7.31.